The lowest BCUT2D eigenvalue weighted by atomic mass is 9.95. The van der Waals surface area contributed by atoms with Crippen LogP contribution in [0.25, 0.3) is 11.1 Å². The van der Waals surface area contributed by atoms with Crippen molar-refractivity contribution in [2.75, 3.05) is 13.2 Å². The average Bonchev–Trinajstić information content (AvgIpc) is 2.62. The highest BCUT2D eigenvalue weighted by Crippen LogP contribution is 2.28. The van der Waals surface area contributed by atoms with Gasteiger partial charge in [0, 0.05) is 0 Å². The largest absolute Gasteiger partial charge is 0.386 e. The van der Waals surface area contributed by atoms with Crippen LogP contribution in [-0.2, 0) is 11.2 Å². The summed E-state index contributed by atoms with van der Waals surface area (Å²) in [5.41, 5.74) is 4.53. The minimum Gasteiger partial charge on any atom is -0.386 e. The van der Waals surface area contributed by atoms with Crippen LogP contribution in [0.2, 0.25) is 0 Å². The summed E-state index contributed by atoms with van der Waals surface area (Å²) in [5.74, 6) is 0. The zero-order chi connectivity index (χ0) is 12.4. The van der Waals surface area contributed by atoms with Crippen LogP contribution in [0.5, 0.6) is 0 Å². The van der Waals surface area contributed by atoms with Crippen LogP contribution in [0.15, 0.2) is 48.5 Å². The highest BCUT2D eigenvalue weighted by Gasteiger charge is 2.17. The predicted octanol–water partition coefficient (Wildman–Crippen LogP) is 2.96. The minimum atomic E-state index is -0.508. The number of fused-ring (bicyclic) bond motifs is 1. The van der Waals surface area contributed by atoms with E-state index in [9.17, 15) is 5.11 Å². The van der Waals surface area contributed by atoms with Crippen molar-refractivity contribution in [3.63, 3.8) is 0 Å². The monoisotopic (exact) mass is 240 g/mol. The summed E-state index contributed by atoms with van der Waals surface area (Å²) in [7, 11) is 0. The molecule has 1 atom stereocenters. The molecule has 18 heavy (non-hydrogen) atoms. The van der Waals surface area contributed by atoms with Gasteiger partial charge in [0.15, 0.2) is 0 Å². The number of aliphatic hydroxyl groups excluding tert-OH is 1. The first-order valence-corrected chi connectivity index (χ1v) is 6.28. The van der Waals surface area contributed by atoms with E-state index in [4.69, 9.17) is 4.74 Å². The molecule has 0 saturated heterocycles. The Labute approximate surface area is 107 Å². The summed E-state index contributed by atoms with van der Waals surface area (Å²) < 4.78 is 5.38. The van der Waals surface area contributed by atoms with Crippen LogP contribution in [0.1, 0.15) is 17.2 Å². The van der Waals surface area contributed by atoms with Gasteiger partial charge in [-0.25, -0.2) is 0 Å². The van der Waals surface area contributed by atoms with E-state index in [0.717, 1.165) is 17.5 Å². The zero-order valence-corrected chi connectivity index (χ0v) is 10.2. The standard InChI is InChI=1S/C16H16O2/c17-16-11-18-9-8-13-6-7-14(10-15(13)16)12-4-2-1-3-5-12/h1-7,10,16-17H,8-9,11H2. The van der Waals surface area contributed by atoms with Crippen molar-refractivity contribution in [2.45, 2.75) is 12.5 Å². The second kappa shape index (κ2) is 4.92. The fraction of sp³-hybridized carbons (Fsp3) is 0.250. The van der Waals surface area contributed by atoms with Gasteiger partial charge in [-0.2, -0.15) is 0 Å². The lowest BCUT2D eigenvalue weighted by molar-refractivity contribution is 0.0452. The van der Waals surface area contributed by atoms with Gasteiger partial charge in [-0.3, -0.25) is 0 Å². The lowest BCUT2D eigenvalue weighted by Crippen LogP contribution is -2.04. The van der Waals surface area contributed by atoms with Gasteiger partial charge in [-0.05, 0) is 34.7 Å². The maximum absolute atomic E-state index is 10.1. The normalized spacial score (nSPS) is 19.1. The molecule has 0 bridgehead atoms. The van der Waals surface area contributed by atoms with Gasteiger partial charge in [-0.15, -0.1) is 0 Å². The van der Waals surface area contributed by atoms with E-state index in [1.165, 1.54) is 11.1 Å². The van der Waals surface area contributed by atoms with E-state index in [-0.39, 0.29) is 0 Å². The van der Waals surface area contributed by atoms with Crippen molar-refractivity contribution in [1.29, 1.82) is 0 Å². The maximum atomic E-state index is 10.1. The van der Waals surface area contributed by atoms with Gasteiger partial charge in [0.1, 0.15) is 6.10 Å². The molecule has 2 aromatic rings. The van der Waals surface area contributed by atoms with Crippen molar-refractivity contribution in [1.82, 2.24) is 0 Å². The summed E-state index contributed by atoms with van der Waals surface area (Å²) in [4.78, 5) is 0. The zero-order valence-electron chi connectivity index (χ0n) is 10.2. The topological polar surface area (TPSA) is 29.5 Å². The van der Waals surface area contributed by atoms with Crippen LogP contribution in [0.3, 0.4) is 0 Å². The summed E-state index contributed by atoms with van der Waals surface area (Å²) in [6.45, 7) is 1.08. The third kappa shape index (κ3) is 2.17. The van der Waals surface area contributed by atoms with Crippen LogP contribution >= 0.6 is 0 Å². The van der Waals surface area contributed by atoms with E-state index in [0.29, 0.717) is 13.2 Å². The molecule has 1 heterocycles. The molecule has 2 aromatic carbocycles. The molecule has 3 rings (SSSR count). The Balaban J connectivity index is 2.04. The number of benzene rings is 2. The molecular weight excluding hydrogens is 224 g/mol. The Hall–Kier alpha value is -1.64. The Morgan fingerprint density at radius 3 is 2.67 bits per heavy atom. The van der Waals surface area contributed by atoms with Crippen molar-refractivity contribution in [3.8, 4) is 11.1 Å². The number of rotatable bonds is 1. The maximum Gasteiger partial charge on any atom is 0.103 e. The van der Waals surface area contributed by atoms with Crippen LogP contribution < -0.4 is 0 Å². The van der Waals surface area contributed by atoms with E-state index in [2.05, 4.69) is 30.3 Å². The summed E-state index contributed by atoms with van der Waals surface area (Å²) in [6.07, 6.45) is 0.368. The molecule has 0 amide bonds. The highest BCUT2D eigenvalue weighted by molar-refractivity contribution is 5.65. The molecule has 92 valence electrons. The smallest absolute Gasteiger partial charge is 0.103 e. The van der Waals surface area contributed by atoms with Crippen LogP contribution in [-0.4, -0.2) is 18.3 Å². The lowest BCUT2D eigenvalue weighted by Gasteiger charge is -2.13. The molecule has 0 radical (unpaired) electrons. The third-order valence-corrected chi connectivity index (χ3v) is 3.40. The van der Waals surface area contributed by atoms with Gasteiger partial charge in [0.2, 0.25) is 0 Å². The highest BCUT2D eigenvalue weighted by atomic mass is 16.5. The molecule has 1 aliphatic heterocycles. The first-order chi connectivity index (χ1) is 8.84. The van der Waals surface area contributed by atoms with Crippen molar-refractivity contribution >= 4 is 0 Å². The van der Waals surface area contributed by atoms with Crippen molar-refractivity contribution in [2.24, 2.45) is 0 Å². The predicted molar refractivity (Wildman–Crippen MR) is 71.4 cm³/mol. The quantitative estimate of drug-likeness (QED) is 0.830. The molecule has 2 nitrogen and oxygen atoms in total. The SMILES string of the molecule is OC1COCCc2ccc(-c3ccccc3)cc21. The molecule has 0 saturated carbocycles. The molecule has 0 aliphatic carbocycles. The average molecular weight is 240 g/mol. The van der Waals surface area contributed by atoms with Gasteiger partial charge in [-0.1, -0.05) is 42.5 Å². The van der Waals surface area contributed by atoms with E-state index >= 15 is 0 Å². The Bertz CT molecular complexity index is 534. The van der Waals surface area contributed by atoms with Crippen LogP contribution in [0.4, 0.5) is 0 Å². The van der Waals surface area contributed by atoms with Gasteiger partial charge in [0.05, 0.1) is 13.2 Å². The Morgan fingerprint density at radius 2 is 1.83 bits per heavy atom. The first kappa shape index (κ1) is 11.5. The Morgan fingerprint density at radius 1 is 1.00 bits per heavy atom. The van der Waals surface area contributed by atoms with Gasteiger partial charge in [0.25, 0.3) is 0 Å². The molecule has 1 aliphatic rings. The molecule has 0 spiro atoms. The van der Waals surface area contributed by atoms with Gasteiger partial charge >= 0.3 is 0 Å². The molecule has 0 aromatic heterocycles. The molecular formula is C16H16O2. The Kier molecular flexibility index (Phi) is 3.13. The molecule has 1 N–H and O–H groups in total. The second-order valence-corrected chi connectivity index (χ2v) is 4.62. The third-order valence-electron chi connectivity index (χ3n) is 3.40. The van der Waals surface area contributed by atoms with Crippen molar-refractivity contribution in [3.05, 3.63) is 59.7 Å². The van der Waals surface area contributed by atoms with Gasteiger partial charge < -0.3 is 9.84 Å². The number of hydrogen-bond acceptors (Lipinski definition) is 2. The van der Waals surface area contributed by atoms with Crippen molar-refractivity contribution < 1.29 is 9.84 Å². The fourth-order valence-corrected chi connectivity index (χ4v) is 2.41. The number of aliphatic hydroxyl groups is 1. The minimum absolute atomic E-state index is 0.394. The first-order valence-electron chi connectivity index (χ1n) is 6.28. The molecule has 2 heteroatoms. The summed E-state index contributed by atoms with van der Waals surface area (Å²) in [5, 5.41) is 10.1. The van der Waals surface area contributed by atoms with E-state index in [1.807, 2.05) is 18.2 Å². The number of hydrogen-bond donors (Lipinski definition) is 1. The second-order valence-electron chi connectivity index (χ2n) is 4.62. The molecule has 0 fully saturated rings. The number of ether oxygens (including phenoxy) is 1. The summed E-state index contributed by atoms with van der Waals surface area (Å²) in [6, 6.07) is 16.5. The van der Waals surface area contributed by atoms with Crippen LogP contribution in [0, 0.1) is 0 Å². The summed E-state index contributed by atoms with van der Waals surface area (Å²) >= 11 is 0. The van der Waals surface area contributed by atoms with E-state index < -0.39 is 6.10 Å². The molecule has 1 unspecified atom stereocenters. The fourth-order valence-electron chi connectivity index (χ4n) is 2.41. The van der Waals surface area contributed by atoms with E-state index in [1.54, 1.807) is 0 Å².